The van der Waals surface area contributed by atoms with Crippen LogP contribution in [0, 0.1) is 18.8 Å². The number of ether oxygens (including phenoxy) is 2. The number of hydrogen-bond donors (Lipinski definition) is 0. The first-order chi connectivity index (χ1) is 12.0. The quantitative estimate of drug-likeness (QED) is 0.854. The molecule has 0 bridgehead atoms. The largest absolute Gasteiger partial charge is 0.497 e. The average molecular weight is 342 g/mol. The lowest BCUT2D eigenvalue weighted by Crippen LogP contribution is -2.44. The van der Waals surface area contributed by atoms with Crippen LogP contribution in [0.5, 0.6) is 11.5 Å². The van der Waals surface area contributed by atoms with Gasteiger partial charge in [-0.15, -0.1) is 0 Å². The number of rotatable bonds is 4. The van der Waals surface area contributed by atoms with E-state index in [1.54, 1.807) is 7.11 Å². The van der Waals surface area contributed by atoms with Crippen LogP contribution in [-0.4, -0.2) is 42.6 Å². The molecule has 0 spiro atoms. The van der Waals surface area contributed by atoms with Crippen LogP contribution in [0.25, 0.3) is 10.9 Å². The Morgan fingerprint density at radius 3 is 2.64 bits per heavy atom. The maximum atomic E-state index is 12.6. The maximum Gasteiger partial charge on any atom is 0.260 e. The molecule has 0 radical (unpaired) electrons. The average Bonchev–Trinajstić information content (AvgIpc) is 2.58. The Labute approximate surface area is 148 Å². The van der Waals surface area contributed by atoms with Crippen molar-refractivity contribution in [3.63, 3.8) is 0 Å². The van der Waals surface area contributed by atoms with E-state index in [0.717, 1.165) is 35.4 Å². The number of amides is 1. The maximum absolute atomic E-state index is 12.6. The highest BCUT2D eigenvalue weighted by molar-refractivity contribution is 5.87. The van der Waals surface area contributed by atoms with E-state index in [-0.39, 0.29) is 12.5 Å². The van der Waals surface area contributed by atoms with E-state index in [1.165, 1.54) is 6.42 Å². The molecule has 1 aliphatic rings. The first kappa shape index (κ1) is 17.5. The number of hydrogen-bond acceptors (Lipinski definition) is 4. The van der Waals surface area contributed by atoms with Crippen molar-refractivity contribution in [2.75, 3.05) is 26.8 Å². The van der Waals surface area contributed by atoms with Gasteiger partial charge in [0.1, 0.15) is 11.5 Å². The van der Waals surface area contributed by atoms with E-state index in [0.29, 0.717) is 17.6 Å². The van der Waals surface area contributed by atoms with E-state index < -0.39 is 0 Å². The molecule has 1 aromatic heterocycles. The Morgan fingerprint density at radius 1 is 1.24 bits per heavy atom. The number of carbonyl (C=O) groups is 1. The normalized spacial score (nSPS) is 20.6. The zero-order valence-corrected chi connectivity index (χ0v) is 15.4. The molecule has 2 heterocycles. The summed E-state index contributed by atoms with van der Waals surface area (Å²) in [6, 6.07) is 7.55. The smallest absolute Gasteiger partial charge is 0.260 e. The summed E-state index contributed by atoms with van der Waals surface area (Å²) < 4.78 is 11.2. The second-order valence-corrected chi connectivity index (χ2v) is 7.18. The minimum absolute atomic E-state index is 0.0453. The summed E-state index contributed by atoms with van der Waals surface area (Å²) in [5, 5.41) is 0.859. The summed E-state index contributed by atoms with van der Waals surface area (Å²) in [6.07, 6.45) is 1.18. The number of methoxy groups -OCH3 is 1. The molecule has 1 amide bonds. The van der Waals surface area contributed by atoms with Crippen molar-refractivity contribution in [3.8, 4) is 11.5 Å². The number of pyridine rings is 1. The molecule has 2 unspecified atom stereocenters. The van der Waals surface area contributed by atoms with Gasteiger partial charge in [-0.05, 0) is 43.4 Å². The Balaban J connectivity index is 1.77. The van der Waals surface area contributed by atoms with Crippen molar-refractivity contribution >= 4 is 16.8 Å². The third kappa shape index (κ3) is 4.03. The van der Waals surface area contributed by atoms with Gasteiger partial charge in [-0.3, -0.25) is 9.78 Å². The highest BCUT2D eigenvalue weighted by Crippen LogP contribution is 2.29. The monoisotopic (exact) mass is 342 g/mol. The second kappa shape index (κ2) is 7.30. The molecular formula is C20H26N2O3. The van der Waals surface area contributed by atoms with Gasteiger partial charge in [-0.25, -0.2) is 0 Å². The lowest BCUT2D eigenvalue weighted by atomic mass is 9.92. The van der Waals surface area contributed by atoms with Gasteiger partial charge in [0.05, 0.1) is 12.6 Å². The molecule has 1 aromatic carbocycles. The van der Waals surface area contributed by atoms with E-state index in [4.69, 9.17) is 9.47 Å². The number of aromatic nitrogens is 1. The van der Waals surface area contributed by atoms with Crippen molar-refractivity contribution < 1.29 is 14.3 Å². The predicted molar refractivity (Wildman–Crippen MR) is 98.1 cm³/mol. The molecule has 1 fully saturated rings. The van der Waals surface area contributed by atoms with Crippen LogP contribution in [0.2, 0.25) is 0 Å². The Kier molecular flexibility index (Phi) is 5.11. The Hall–Kier alpha value is -2.30. The number of nitrogens with zero attached hydrogens (tertiary/aromatic N) is 2. The molecule has 0 N–H and O–H groups in total. The Morgan fingerprint density at radius 2 is 1.96 bits per heavy atom. The van der Waals surface area contributed by atoms with Gasteiger partial charge >= 0.3 is 0 Å². The fraction of sp³-hybridized carbons (Fsp3) is 0.500. The summed E-state index contributed by atoms with van der Waals surface area (Å²) >= 11 is 0. The van der Waals surface area contributed by atoms with Crippen LogP contribution in [0.3, 0.4) is 0 Å². The van der Waals surface area contributed by atoms with E-state index >= 15 is 0 Å². The lowest BCUT2D eigenvalue weighted by Gasteiger charge is -2.34. The molecule has 25 heavy (non-hydrogen) atoms. The molecule has 0 saturated carbocycles. The van der Waals surface area contributed by atoms with Crippen LogP contribution >= 0.6 is 0 Å². The predicted octanol–water partition coefficient (Wildman–Crippen LogP) is 3.44. The third-order valence-electron chi connectivity index (χ3n) is 4.68. The summed E-state index contributed by atoms with van der Waals surface area (Å²) in [5.41, 5.74) is 1.70. The first-order valence-electron chi connectivity index (χ1n) is 8.82. The van der Waals surface area contributed by atoms with Gasteiger partial charge in [0.15, 0.2) is 6.61 Å². The van der Waals surface area contributed by atoms with Crippen molar-refractivity contribution in [1.29, 1.82) is 0 Å². The number of piperidine rings is 1. The first-order valence-corrected chi connectivity index (χ1v) is 8.82. The van der Waals surface area contributed by atoms with Crippen LogP contribution < -0.4 is 9.47 Å². The number of benzene rings is 1. The van der Waals surface area contributed by atoms with Gasteiger partial charge in [0, 0.05) is 30.2 Å². The molecule has 3 rings (SSSR count). The van der Waals surface area contributed by atoms with Crippen molar-refractivity contribution in [3.05, 3.63) is 30.0 Å². The zero-order valence-electron chi connectivity index (χ0n) is 15.4. The minimum Gasteiger partial charge on any atom is -0.497 e. The van der Waals surface area contributed by atoms with Gasteiger partial charge in [-0.1, -0.05) is 13.8 Å². The SMILES string of the molecule is COc1ccc2nc(C)cc(OCC(=O)N3CC(C)CC(C)C3)c2c1. The van der Waals surface area contributed by atoms with Gasteiger partial charge < -0.3 is 14.4 Å². The molecule has 2 atom stereocenters. The van der Waals surface area contributed by atoms with Crippen molar-refractivity contribution in [2.45, 2.75) is 27.2 Å². The van der Waals surface area contributed by atoms with Crippen LogP contribution in [0.15, 0.2) is 24.3 Å². The minimum atomic E-state index is 0.0453. The zero-order chi connectivity index (χ0) is 18.0. The van der Waals surface area contributed by atoms with Gasteiger partial charge in [0.25, 0.3) is 5.91 Å². The molecule has 1 aliphatic heterocycles. The summed E-state index contributed by atoms with van der Waals surface area (Å²) in [6.45, 7) is 8.00. The molecule has 1 saturated heterocycles. The third-order valence-corrected chi connectivity index (χ3v) is 4.68. The standard InChI is InChI=1S/C20H26N2O3/c1-13-7-14(2)11-22(10-13)20(23)12-25-19-8-15(3)21-18-6-5-16(24-4)9-17(18)19/h5-6,8-9,13-14H,7,10-12H2,1-4H3. The molecule has 2 aromatic rings. The summed E-state index contributed by atoms with van der Waals surface area (Å²) in [4.78, 5) is 19.0. The van der Waals surface area contributed by atoms with Gasteiger partial charge in [0.2, 0.25) is 0 Å². The van der Waals surface area contributed by atoms with Crippen LogP contribution in [0.1, 0.15) is 26.0 Å². The molecule has 0 aliphatic carbocycles. The van der Waals surface area contributed by atoms with Crippen LogP contribution in [0.4, 0.5) is 0 Å². The highest BCUT2D eigenvalue weighted by atomic mass is 16.5. The number of fused-ring (bicyclic) bond motifs is 1. The molecule has 5 nitrogen and oxygen atoms in total. The summed E-state index contributed by atoms with van der Waals surface area (Å²) in [7, 11) is 1.63. The molecule has 134 valence electrons. The fourth-order valence-corrected chi connectivity index (χ4v) is 3.64. The van der Waals surface area contributed by atoms with E-state index in [1.807, 2.05) is 36.1 Å². The topological polar surface area (TPSA) is 51.7 Å². The molecule has 5 heteroatoms. The van der Waals surface area contributed by atoms with E-state index in [2.05, 4.69) is 18.8 Å². The van der Waals surface area contributed by atoms with E-state index in [9.17, 15) is 4.79 Å². The van der Waals surface area contributed by atoms with Crippen molar-refractivity contribution in [2.24, 2.45) is 11.8 Å². The number of aryl methyl sites for hydroxylation is 1. The highest BCUT2D eigenvalue weighted by Gasteiger charge is 2.25. The molecular weight excluding hydrogens is 316 g/mol. The Bertz CT molecular complexity index is 765. The lowest BCUT2D eigenvalue weighted by molar-refractivity contribution is -0.136. The second-order valence-electron chi connectivity index (χ2n) is 7.18. The fourth-order valence-electron chi connectivity index (χ4n) is 3.64. The van der Waals surface area contributed by atoms with Gasteiger partial charge in [-0.2, -0.15) is 0 Å². The van der Waals surface area contributed by atoms with Crippen LogP contribution in [-0.2, 0) is 4.79 Å². The van der Waals surface area contributed by atoms with Crippen molar-refractivity contribution in [1.82, 2.24) is 9.88 Å². The summed E-state index contributed by atoms with van der Waals surface area (Å²) in [5.74, 6) is 2.55. The number of likely N-dealkylation sites (tertiary alicyclic amines) is 1. The number of carbonyl (C=O) groups excluding carboxylic acids is 1.